The Labute approximate surface area is 91.0 Å². The van der Waals surface area contributed by atoms with Gasteiger partial charge in [-0.1, -0.05) is 0 Å². The molecule has 15 heavy (non-hydrogen) atoms. The minimum Gasteiger partial charge on any atom is -0.252 e. The number of nitrogens with zero attached hydrogens (tertiary/aromatic N) is 2. The highest BCUT2D eigenvalue weighted by Crippen LogP contribution is 2.20. The molecule has 0 aliphatic carbocycles. The van der Waals surface area contributed by atoms with Crippen molar-refractivity contribution in [3.8, 4) is 11.3 Å². The highest BCUT2D eigenvalue weighted by molar-refractivity contribution is 7.71. The summed E-state index contributed by atoms with van der Waals surface area (Å²) in [6, 6.07) is 4.52. The number of aromatic nitrogens is 3. The van der Waals surface area contributed by atoms with Crippen molar-refractivity contribution < 1.29 is 4.39 Å². The quantitative estimate of drug-likeness (QED) is 0.753. The van der Waals surface area contributed by atoms with Gasteiger partial charge in [-0.25, -0.2) is 9.37 Å². The second kappa shape index (κ2) is 3.86. The largest absolute Gasteiger partial charge is 0.252 e. The molecule has 2 aromatic rings. The van der Waals surface area contributed by atoms with Crippen LogP contribution in [0, 0.1) is 17.5 Å². The molecule has 5 heteroatoms. The second-order valence-corrected chi connectivity index (χ2v) is 3.52. The molecule has 0 radical (unpaired) electrons. The Kier molecular flexibility index (Phi) is 2.55. The lowest BCUT2D eigenvalue weighted by atomic mass is 10.1. The van der Waals surface area contributed by atoms with Crippen LogP contribution in [0.4, 0.5) is 4.39 Å². The maximum absolute atomic E-state index is 12.9. The number of halogens is 1. The molecule has 1 aromatic carbocycles. The topological polar surface area (TPSA) is 41.6 Å². The van der Waals surface area contributed by atoms with E-state index in [-0.39, 0.29) is 5.82 Å². The summed E-state index contributed by atoms with van der Waals surface area (Å²) in [6.45, 7) is 1.82. The predicted molar refractivity (Wildman–Crippen MR) is 57.3 cm³/mol. The zero-order valence-electron chi connectivity index (χ0n) is 7.99. The fourth-order valence-corrected chi connectivity index (χ4v) is 1.51. The Morgan fingerprint density at radius 1 is 1.40 bits per heavy atom. The van der Waals surface area contributed by atoms with Gasteiger partial charge in [0.15, 0.2) is 0 Å². The van der Waals surface area contributed by atoms with Crippen LogP contribution in [0.1, 0.15) is 5.56 Å². The van der Waals surface area contributed by atoms with Gasteiger partial charge in [0.1, 0.15) is 5.82 Å². The number of H-pyrrole nitrogens is 1. The van der Waals surface area contributed by atoms with Gasteiger partial charge in [0.05, 0.1) is 11.9 Å². The van der Waals surface area contributed by atoms with Gasteiger partial charge in [-0.15, -0.1) is 0 Å². The van der Waals surface area contributed by atoms with Gasteiger partial charge in [-0.3, -0.25) is 5.10 Å². The second-order valence-electron chi connectivity index (χ2n) is 3.13. The van der Waals surface area contributed by atoms with E-state index in [1.165, 1.54) is 12.1 Å². The Balaban J connectivity index is 2.59. The molecular formula is C10H8FN3S. The lowest BCUT2D eigenvalue weighted by Gasteiger charge is -2.03. The van der Waals surface area contributed by atoms with Gasteiger partial charge in [0.2, 0.25) is 4.77 Å². The number of aryl methyl sites for hydroxylation is 1. The van der Waals surface area contributed by atoms with Crippen molar-refractivity contribution in [2.45, 2.75) is 6.92 Å². The van der Waals surface area contributed by atoms with Gasteiger partial charge in [0, 0.05) is 5.56 Å². The van der Waals surface area contributed by atoms with Crippen LogP contribution in [0.15, 0.2) is 24.4 Å². The van der Waals surface area contributed by atoms with Crippen LogP contribution in [-0.2, 0) is 0 Å². The van der Waals surface area contributed by atoms with Crippen molar-refractivity contribution in [3.63, 3.8) is 0 Å². The molecule has 0 aliphatic rings. The van der Waals surface area contributed by atoms with Gasteiger partial charge in [-0.2, -0.15) is 5.10 Å². The number of hydrogen-bond acceptors (Lipinski definition) is 3. The zero-order chi connectivity index (χ0) is 10.8. The van der Waals surface area contributed by atoms with Crippen LogP contribution in [0.25, 0.3) is 11.3 Å². The Morgan fingerprint density at radius 2 is 2.20 bits per heavy atom. The molecule has 0 fully saturated rings. The summed E-state index contributed by atoms with van der Waals surface area (Å²) in [5, 5.41) is 6.39. The van der Waals surface area contributed by atoms with Crippen molar-refractivity contribution in [1.29, 1.82) is 0 Å². The van der Waals surface area contributed by atoms with Crippen molar-refractivity contribution in [3.05, 3.63) is 40.5 Å². The van der Waals surface area contributed by atoms with Gasteiger partial charge >= 0.3 is 0 Å². The minimum atomic E-state index is -0.259. The number of hydrogen-bond donors (Lipinski definition) is 1. The molecule has 0 saturated heterocycles. The average Bonchev–Trinajstić information content (AvgIpc) is 2.17. The molecule has 0 unspecified atom stereocenters. The van der Waals surface area contributed by atoms with Crippen LogP contribution in [-0.4, -0.2) is 15.2 Å². The molecular weight excluding hydrogens is 213 g/mol. The van der Waals surface area contributed by atoms with E-state index >= 15 is 0 Å². The lowest BCUT2D eigenvalue weighted by Crippen LogP contribution is -1.92. The molecule has 1 aromatic heterocycles. The molecule has 2 rings (SSSR count). The summed E-state index contributed by atoms with van der Waals surface area (Å²) < 4.78 is 13.2. The molecule has 0 aliphatic heterocycles. The molecule has 0 bridgehead atoms. The molecule has 0 amide bonds. The third-order valence-corrected chi connectivity index (χ3v) is 2.22. The number of rotatable bonds is 1. The van der Waals surface area contributed by atoms with Crippen LogP contribution in [0.5, 0.6) is 0 Å². The normalized spacial score (nSPS) is 10.3. The molecule has 3 nitrogen and oxygen atoms in total. The summed E-state index contributed by atoms with van der Waals surface area (Å²) in [7, 11) is 0. The van der Waals surface area contributed by atoms with E-state index in [2.05, 4.69) is 15.2 Å². The van der Waals surface area contributed by atoms with Crippen LogP contribution >= 0.6 is 12.2 Å². The standard InChI is InChI=1S/C10H8FN3S/c1-6-4-7(11)2-3-8(6)9-5-12-14-10(15)13-9/h2-5H,1H3,(H,13,14,15). The predicted octanol–water partition coefficient (Wildman–Crippen LogP) is 2.65. The summed E-state index contributed by atoms with van der Waals surface area (Å²) in [5.74, 6) is -0.259. The van der Waals surface area contributed by atoms with Crippen molar-refractivity contribution in [1.82, 2.24) is 15.2 Å². The molecule has 0 spiro atoms. The maximum Gasteiger partial charge on any atom is 0.214 e. The van der Waals surface area contributed by atoms with E-state index in [1.54, 1.807) is 12.3 Å². The van der Waals surface area contributed by atoms with E-state index in [0.29, 0.717) is 10.5 Å². The van der Waals surface area contributed by atoms with E-state index in [1.807, 2.05) is 6.92 Å². The Hall–Kier alpha value is -1.62. The Bertz CT molecular complexity index is 550. The first kappa shape index (κ1) is 9.92. The van der Waals surface area contributed by atoms with E-state index in [0.717, 1.165) is 11.1 Å². The van der Waals surface area contributed by atoms with Gasteiger partial charge in [0.25, 0.3) is 0 Å². The fraction of sp³-hybridized carbons (Fsp3) is 0.100. The molecule has 76 valence electrons. The smallest absolute Gasteiger partial charge is 0.214 e. The summed E-state index contributed by atoms with van der Waals surface area (Å²) in [4.78, 5) is 4.11. The molecule has 1 heterocycles. The average molecular weight is 221 g/mol. The third-order valence-electron chi connectivity index (χ3n) is 2.03. The van der Waals surface area contributed by atoms with Crippen LogP contribution in [0.3, 0.4) is 0 Å². The number of nitrogens with one attached hydrogen (secondary N) is 1. The van der Waals surface area contributed by atoms with E-state index in [9.17, 15) is 4.39 Å². The van der Waals surface area contributed by atoms with E-state index in [4.69, 9.17) is 12.2 Å². The Morgan fingerprint density at radius 3 is 2.87 bits per heavy atom. The SMILES string of the molecule is Cc1cc(F)ccc1-c1cn[nH]c(=S)n1. The molecule has 0 atom stereocenters. The minimum absolute atomic E-state index is 0.259. The highest BCUT2D eigenvalue weighted by atomic mass is 32.1. The molecule has 0 saturated carbocycles. The number of benzene rings is 1. The number of aromatic amines is 1. The van der Waals surface area contributed by atoms with Crippen LogP contribution < -0.4 is 0 Å². The van der Waals surface area contributed by atoms with Crippen molar-refractivity contribution >= 4 is 12.2 Å². The van der Waals surface area contributed by atoms with Gasteiger partial charge < -0.3 is 0 Å². The fourth-order valence-electron chi connectivity index (χ4n) is 1.36. The monoisotopic (exact) mass is 221 g/mol. The third kappa shape index (κ3) is 2.07. The molecule has 1 N–H and O–H groups in total. The first-order chi connectivity index (χ1) is 7.16. The van der Waals surface area contributed by atoms with Crippen molar-refractivity contribution in [2.24, 2.45) is 0 Å². The van der Waals surface area contributed by atoms with E-state index < -0.39 is 0 Å². The van der Waals surface area contributed by atoms with Crippen LogP contribution in [0.2, 0.25) is 0 Å². The van der Waals surface area contributed by atoms with Crippen molar-refractivity contribution in [2.75, 3.05) is 0 Å². The summed E-state index contributed by atoms with van der Waals surface area (Å²) in [6.07, 6.45) is 1.57. The summed E-state index contributed by atoms with van der Waals surface area (Å²) >= 11 is 4.87. The zero-order valence-corrected chi connectivity index (χ0v) is 8.81. The summed E-state index contributed by atoms with van der Waals surface area (Å²) in [5.41, 5.74) is 2.30. The van der Waals surface area contributed by atoms with Gasteiger partial charge in [-0.05, 0) is 42.9 Å². The first-order valence-electron chi connectivity index (χ1n) is 4.35. The first-order valence-corrected chi connectivity index (χ1v) is 4.76. The maximum atomic E-state index is 12.9. The lowest BCUT2D eigenvalue weighted by molar-refractivity contribution is 0.627. The highest BCUT2D eigenvalue weighted by Gasteiger charge is 2.04.